The SMILES string of the molecule is Cc1cccc(C(C)C)c1NC(=O)[C@H](C)Sc1nnc(-c2ccc(F)cc2)o1. The number of para-hydroxylation sites is 1. The minimum absolute atomic E-state index is 0.136. The van der Waals surface area contributed by atoms with Crippen LogP contribution in [0.5, 0.6) is 0 Å². The zero-order valence-corrected chi connectivity index (χ0v) is 17.0. The Bertz CT molecular complexity index is 970. The van der Waals surface area contributed by atoms with E-state index in [1.165, 1.54) is 23.9 Å². The largest absolute Gasteiger partial charge is 0.411 e. The third-order valence-electron chi connectivity index (χ3n) is 4.32. The monoisotopic (exact) mass is 399 g/mol. The summed E-state index contributed by atoms with van der Waals surface area (Å²) >= 11 is 1.18. The van der Waals surface area contributed by atoms with Crippen LogP contribution in [-0.2, 0) is 4.79 Å². The summed E-state index contributed by atoms with van der Waals surface area (Å²) < 4.78 is 18.6. The highest BCUT2D eigenvalue weighted by atomic mass is 32.2. The van der Waals surface area contributed by atoms with Gasteiger partial charge in [-0.25, -0.2) is 4.39 Å². The average molecular weight is 399 g/mol. The van der Waals surface area contributed by atoms with Crippen LogP contribution in [0.3, 0.4) is 0 Å². The lowest BCUT2D eigenvalue weighted by atomic mass is 9.98. The van der Waals surface area contributed by atoms with Gasteiger partial charge in [-0.1, -0.05) is 43.8 Å². The number of nitrogens with zero attached hydrogens (tertiary/aromatic N) is 2. The van der Waals surface area contributed by atoms with Crippen molar-refractivity contribution in [3.63, 3.8) is 0 Å². The molecule has 0 aliphatic rings. The molecule has 0 saturated heterocycles. The van der Waals surface area contributed by atoms with Gasteiger partial charge in [-0.2, -0.15) is 0 Å². The van der Waals surface area contributed by atoms with Crippen molar-refractivity contribution in [2.75, 3.05) is 5.32 Å². The summed E-state index contributed by atoms with van der Waals surface area (Å²) in [5.41, 5.74) is 3.60. The number of rotatable bonds is 6. The fraction of sp³-hybridized carbons (Fsp3) is 0.286. The molecular formula is C21H22FN3O2S. The number of nitrogens with one attached hydrogen (secondary N) is 1. The third kappa shape index (κ3) is 4.59. The van der Waals surface area contributed by atoms with Crippen LogP contribution in [0.25, 0.3) is 11.5 Å². The highest BCUT2D eigenvalue weighted by molar-refractivity contribution is 8.00. The molecule has 0 bridgehead atoms. The van der Waals surface area contributed by atoms with Gasteiger partial charge in [0.05, 0.1) is 5.25 Å². The molecule has 146 valence electrons. The summed E-state index contributed by atoms with van der Waals surface area (Å²) in [7, 11) is 0. The zero-order valence-electron chi connectivity index (χ0n) is 16.2. The van der Waals surface area contributed by atoms with Crippen molar-refractivity contribution in [1.82, 2.24) is 10.2 Å². The smallest absolute Gasteiger partial charge is 0.277 e. The summed E-state index contributed by atoms with van der Waals surface area (Å²) in [6.07, 6.45) is 0. The lowest BCUT2D eigenvalue weighted by Crippen LogP contribution is -2.23. The maximum Gasteiger partial charge on any atom is 0.277 e. The molecule has 5 nitrogen and oxygen atoms in total. The van der Waals surface area contributed by atoms with Crippen LogP contribution in [0.2, 0.25) is 0 Å². The second-order valence-electron chi connectivity index (χ2n) is 6.82. The van der Waals surface area contributed by atoms with E-state index in [2.05, 4.69) is 29.4 Å². The van der Waals surface area contributed by atoms with Gasteiger partial charge in [0, 0.05) is 11.3 Å². The molecule has 0 fully saturated rings. The average Bonchev–Trinajstić information content (AvgIpc) is 3.12. The number of aryl methyl sites for hydroxylation is 1. The molecule has 7 heteroatoms. The molecule has 2 aromatic carbocycles. The Morgan fingerprint density at radius 1 is 1.11 bits per heavy atom. The van der Waals surface area contributed by atoms with Crippen LogP contribution in [-0.4, -0.2) is 21.4 Å². The lowest BCUT2D eigenvalue weighted by Gasteiger charge is -2.18. The summed E-state index contributed by atoms with van der Waals surface area (Å²) in [5.74, 6) is 0.117. The number of anilines is 1. The molecular weight excluding hydrogens is 377 g/mol. The Labute approximate surface area is 167 Å². The Hall–Kier alpha value is -2.67. The molecule has 1 aromatic heterocycles. The molecule has 3 aromatic rings. The van der Waals surface area contributed by atoms with Crippen molar-refractivity contribution in [2.45, 2.75) is 44.1 Å². The molecule has 1 N–H and O–H groups in total. The van der Waals surface area contributed by atoms with Gasteiger partial charge in [-0.15, -0.1) is 10.2 Å². The van der Waals surface area contributed by atoms with Crippen molar-refractivity contribution in [2.24, 2.45) is 0 Å². The van der Waals surface area contributed by atoms with Crippen molar-refractivity contribution >= 4 is 23.4 Å². The van der Waals surface area contributed by atoms with Gasteiger partial charge in [0.25, 0.3) is 5.22 Å². The Kier molecular flexibility index (Phi) is 6.14. The topological polar surface area (TPSA) is 68.0 Å². The molecule has 0 radical (unpaired) electrons. The number of benzene rings is 2. The summed E-state index contributed by atoms with van der Waals surface area (Å²) in [5, 5.41) is 10.8. The Balaban J connectivity index is 1.69. The first-order valence-corrected chi connectivity index (χ1v) is 9.89. The quantitative estimate of drug-likeness (QED) is 0.560. The number of hydrogen-bond donors (Lipinski definition) is 1. The van der Waals surface area contributed by atoms with E-state index < -0.39 is 5.25 Å². The van der Waals surface area contributed by atoms with Crippen molar-refractivity contribution < 1.29 is 13.6 Å². The fourth-order valence-corrected chi connectivity index (χ4v) is 3.42. The minimum atomic E-state index is -0.430. The standard InChI is InChI=1S/C21H22FN3O2S/c1-12(2)17-7-5-6-13(3)18(17)23-19(26)14(4)28-21-25-24-20(27-21)15-8-10-16(22)11-9-15/h5-12,14H,1-4H3,(H,23,26)/t14-/m0/s1. The molecule has 28 heavy (non-hydrogen) atoms. The first kappa shape index (κ1) is 20.1. The second-order valence-corrected chi connectivity index (χ2v) is 8.12. The number of aromatic nitrogens is 2. The van der Waals surface area contributed by atoms with Gasteiger partial charge < -0.3 is 9.73 Å². The predicted molar refractivity (Wildman–Crippen MR) is 109 cm³/mol. The third-order valence-corrected chi connectivity index (χ3v) is 5.25. The summed E-state index contributed by atoms with van der Waals surface area (Å²) in [6, 6.07) is 11.8. The van der Waals surface area contributed by atoms with Crippen LogP contribution in [0, 0.1) is 12.7 Å². The van der Waals surface area contributed by atoms with Crippen LogP contribution in [0.4, 0.5) is 10.1 Å². The fourth-order valence-electron chi connectivity index (χ4n) is 2.74. The van der Waals surface area contributed by atoms with E-state index in [9.17, 15) is 9.18 Å². The molecule has 1 amide bonds. The van der Waals surface area contributed by atoms with Crippen LogP contribution in [0.15, 0.2) is 52.1 Å². The van der Waals surface area contributed by atoms with E-state index in [0.29, 0.717) is 11.5 Å². The second kappa shape index (κ2) is 8.56. The first-order valence-electron chi connectivity index (χ1n) is 9.01. The highest BCUT2D eigenvalue weighted by Gasteiger charge is 2.21. The van der Waals surface area contributed by atoms with E-state index in [-0.39, 0.29) is 22.8 Å². The van der Waals surface area contributed by atoms with Crippen molar-refractivity contribution in [3.8, 4) is 11.5 Å². The number of carbonyl (C=O) groups is 1. The predicted octanol–water partition coefficient (Wildman–Crippen LogP) is 5.43. The van der Waals surface area contributed by atoms with E-state index in [0.717, 1.165) is 16.8 Å². The van der Waals surface area contributed by atoms with Crippen molar-refractivity contribution in [1.29, 1.82) is 0 Å². The number of carbonyl (C=O) groups excluding carboxylic acids is 1. The van der Waals surface area contributed by atoms with E-state index >= 15 is 0 Å². The molecule has 0 aliphatic carbocycles. The Morgan fingerprint density at radius 2 is 1.82 bits per heavy atom. The summed E-state index contributed by atoms with van der Waals surface area (Å²) in [4.78, 5) is 12.7. The first-order chi connectivity index (χ1) is 13.3. The Morgan fingerprint density at radius 3 is 2.50 bits per heavy atom. The molecule has 3 rings (SSSR count). The summed E-state index contributed by atoms with van der Waals surface area (Å²) in [6.45, 7) is 7.96. The van der Waals surface area contributed by atoms with Gasteiger partial charge in [0.2, 0.25) is 11.8 Å². The van der Waals surface area contributed by atoms with E-state index in [1.807, 2.05) is 25.1 Å². The highest BCUT2D eigenvalue weighted by Crippen LogP contribution is 2.30. The van der Waals surface area contributed by atoms with E-state index in [1.54, 1.807) is 19.1 Å². The molecule has 0 saturated carbocycles. The lowest BCUT2D eigenvalue weighted by molar-refractivity contribution is -0.115. The van der Waals surface area contributed by atoms with Gasteiger partial charge >= 0.3 is 0 Å². The van der Waals surface area contributed by atoms with Gasteiger partial charge in [0.1, 0.15) is 5.82 Å². The van der Waals surface area contributed by atoms with Gasteiger partial charge in [-0.05, 0) is 55.2 Å². The normalized spacial score (nSPS) is 12.2. The van der Waals surface area contributed by atoms with Crippen LogP contribution < -0.4 is 5.32 Å². The molecule has 0 unspecified atom stereocenters. The van der Waals surface area contributed by atoms with Gasteiger partial charge in [0.15, 0.2) is 0 Å². The molecule has 0 aliphatic heterocycles. The molecule has 0 spiro atoms. The maximum absolute atomic E-state index is 13.0. The zero-order chi connectivity index (χ0) is 20.3. The van der Waals surface area contributed by atoms with Gasteiger partial charge in [-0.3, -0.25) is 4.79 Å². The minimum Gasteiger partial charge on any atom is -0.411 e. The van der Waals surface area contributed by atoms with Crippen molar-refractivity contribution in [3.05, 3.63) is 59.4 Å². The maximum atomic E-state index is 13.0. The number of hydrogen-bond acceptors (Lipinski definition) is 5. The molecule has 1 atom stereocenters. The molecule has 1 heterocycles. The van der Waals surface area contributed by atoms with Crippen LogP contribution >= 0.6 is 11.8 Å². The van der Waals surface area contributed by atoms with E-state index in [4.69, 9.17) is 4.42 Å². The number of amides is 1. The number of thioether (sulfide) groups is 1. The number of halogens is 1. The van der Waals surface area contributed by atoms with Crippen LogP contribution in [0.1, 0.15) is 37.8 Å².